The van der Waals surface area contributed by atoms with Crippen LogP contribution in [0.4, 0.5) is 28.9 Å². The predicted molar refractivity (Wildman–Crippen MR) is 434 cm³/mol. The summed E-state index contributed by atoms with van der Waals surface area (Å²) in [4.78, 5) is 34.2. The van der Waals surface area contributed by atoms with Crippen LogP contribution in [0.2, 0.25) is 0 Å². The topological polar surface area (TPSA) is 522 Å². The Morgan fingerprint density at radius 2 is 0.897 bits per heavy atom. The molecule has 0 spiro atoms. The van der Waals surface area contributed by atoms with Crippen molar-refractivity contribution in [3.05, 3.63) is 205 Å². The summed E-state index contributed by atoms with van der Waals surface area (Å²) in [6.07, 6.45) is -0.858. The largest absolute Gasteiger partial charge is 0.494 e. The Labute approximate surface area is 699 Å². The van der Waals surface area contributed by atoms with Crippen LogP contribution in [-0.4, -0.2) is 198 Å². The van der Waals surface area contributed by atoms with Crippen LogP contribution in [0, 0.1) is 23.3 Å². The number of rotatable bonds is 28. The van der Waals surface area contributed by atoms with Crippen molar-refractivity contribution in [3.8, 4) is 11.1 Å². The van der Waals surface area contributed by atoms with E-state index in [1.807, 2.05) is 46.6 Å². The molecule has 48 heteroatoms. The second-order valence-corrected chi connectivity index (χ2v) is 39.9. The minimum atomic E-state index is -3.98. The first-order valence-corrected chi connectivity index (χ1v) is 46.3. The lowest BCUT2D eigenvalue weighted by molar-refractivity contribution is 0.00578. The molecule has 3 atom stereocenters. The highest BCUT2D eigenvalue weighted by molar-refractivity contribution is 9.11. The number of pyridine rings is 2. The molecular formula is C69H74BBr3ClF4N11O22S6. The van der Waals surface area contributed by atoms with Crippen LogP contribution in [0.5, 0.6) is 0 Å². The maximum atomic E-state index is 15.2. The van der Waals surface area contributed by atoms with Crippen molar-refractivity contribution in [2.24, 2.45) is 0 Å². The number of aliphatic hydroxyl groups excluding tert-OH is 6. The lowest BCUT2D eigenvalue weighted by Gasteiger charge is -2.32. The first-order valence-electron chi connectivity index (χ1n) is 33.9. The number of ketones is 2. The minimum absolute atomic E-state index is 0.0229. The lowest BCUT2D eigenvalue weighted by atomic mass is 9.79. The SMILES string of the molecule is CC1(C)OB(c2ccc(S(=O)(=O)NC(O)CO)cc2)OC1(C)C.CCCS(=O)(=O)Nc1ccc(F)c(C(=O)c2[nH]nc3ncc(-c4ccc(S(=O)(=O)NCC(O)CO)cc4)cc23)c1F.CCCS(=O)(=O)Nc1ccc(F)c(C(=O)c2[nH]nc3ncc(Br)cc23)c1F.O=S(=O)(Cl)c1ccc(Br)cc1.O=S(=O)(NC(O)CO)c1ccc(Br)cc1. The summed E-state index contributed by atoms with van der Waals surface area (Å²) in [5.74, 6) is -7.71. The predicted octanol–water partition coefficient (Wildman–Crippen LogP) is 7.29. The van der Waals surface area contributed by atoms with Crippen LogP contribution < -0.4 is 29.1 Å². The number of aromatic amines is 2. The Morgan fingerprint density at radius 1 is 0.513 bits per heavy atom. The van der Waals surface area contributed by atoms with Gasteiger partial charge in [-0.25, -0.2) is 82.8 Å². The third-order valence-corrected chi connectivity index (χ3v) is 26.6. The molecule has 1 aliphatic heterocycles. The molecule has 3 unspecified atom stereocenters. The monoisotopic (exact) mass is 1960 g/mol. The summed E-state index contributed by atoms with van der Waals surface area (Å²) >= 11 is 9.55. The Morgan fingerprint density at radius 3 is 1.30 bits per heavy atom. The van der Waals surface area contributed by atoms with Gasteiger partial charge in [0.2, 0.25) is 61.7 Å². The van der Waals surface area contributed by atoms with Gasteiger partial charge in [0.05, 0.1) is 101 Å². The molecule has 10 aromatic rings. The van der Waals surface area contributed by atoms with E-state index in [1.165, 1.54) is 85.2 Å². The van der Waals surface area contributed by atoms with E-state index in [2.05, 4.69) is 82.9 Å². The highest BCUT2D eigenvalue weighted by Gasteiger charge is 2.52. The zero-order chi connectivity index (χ0) is 87.1. The van der Waals surface area contributed by atoms with Gasteiger partial charge in [-0.2, -0.15) is 19.6 Å². The zero-order valence-electron chi connectivity index (χ0n) is 61.8. The molecule has 11 rings (SSSR count). The number of benzene rings is 6. The van der Waals surface area contributed by atoms with E-state index < -0.39 is 173 Å². The van der Waals surface area contributed by atoms with Crippen molar-refractivity contribution in [1.29, 1.82) is 0 Å². The van der Waals surface area contributed by atoms with Crippen LogP contribution in [0.1, 0.15) is 86.5 Å². The Kier molecular flexibility index (Phi) is 33.4. The number of H-pyrrole nitrogens is 2. The molecule has 1 fully saturated rings. The first-order chi connectivity index (χ1) is 54.5. The molecule has 6 aromatic carbocycles. The quantitative estimate of drug-likeness (QED) is 0.00752. The average molecular weight is 1960 g/mol. The molecular weight excluding hydrogens is 1890 g/mol. The van der Waals surface area contributed by atoms with Gasteiger partial charge in [-0.3, -0.25) is 29.2 Å². The Balaban J connectivity index is 0.000000216. The van der Waals surface area contributed by atoms with Gasteiger partial charge in [0.1, 0.15) is 35.5 Å². The van der Waals surface area contributed by atoms with Gasteiger partial charge in [0.15, 0.2) is 22.9 Å². The minimum Gasteiger partial charge on any atom is -0.399 e. The second kappa shape index (κ2) is 40.6. The molecule has 33 nitrogen and oxygen atoms in total. The fourth-order valence-electron chi connectivity index (χ4n) is 9.92. The number of carbonyl (C=O) groups is 2. The number of aliphatic hydroxyl groups is 6. The van der Waals surface area contributed by atoms with E-state index in [0.717, 1.165) is 33.2 Å². The average Bonchev–Trinajstić information content (AvgIpc) is 1.69. The number of hydrogen-bond donors (Lipinski definition) is 13. The van der Waals surface area contributed by atoms with E-state index in [1.54, 1.807) is 50.2 Å². The zero-order valence-corrected chi connectivity index (χ0v) is 72.2. The van der Waals surface area contributed by atoms with Gasteiger partial charge in [-0.05, 0) is 177 Å². The molecule has 1 saturated heterocycles. The van der Waals surface area contributed by atoms with Crippen molar-refractivity contribution >= 4 is 175 Å². The summed E-state index contributed by atoms with van der Waals surface area (Å²) < 4.78 is 224. The fraction of sp³-hybridized carbons (Fsp3) is 0.275. The van der Waals surface area contributed by atoms with Crippen LogP contribution >= 0.6 is 58.5 Å². The number of fused-ring (bicyclic) bond motifs is 2. The number of halogens is 8. The maximum Gasteiger partial charge on any atom is 0.494 e. The molecule has 117 heavy (non-hydrogen) atoms. The summed E-state index contributed by atoms with van der Waals surface area (Å²) in [6, 6.07) is 30.0. The molecule has 4 aromatic heterocycles. The third kappa shape index (κ3) is 25.9. The summed E-state index contributed by atoms with van der Waals surface area (Å²) in [7, 11) is -18.5. The molecule has 0 saturated carbocycles. The first kappa shape index (κ1) is 96.4. The van der Waals surface area contributed by atoms with E-state index in [9.17, 15) is 83.5 Å². The number of sulfonamides is 5. The van der Waals surface area contributed by atoms with E-state index >= 15 is 4.39 Å². The summed E-state index contributed by atoms with van der Waals surface area (Å²) in [5, 5.41) is 66.6. The number of nitrogens with zero attached hydrogens (tertiary/aromatic N) is 4. The molecule has 5 heterocycles. The second-order valence-electron chi connectivity index (χ2n) is 25.7. The molecule has 632 valence electrons. The number of nitrogens with one attached hydrogen (secondary N) is 7. The molecule has 0 aliphatic carbocycles. The van der Waals surface area contributed by atoms with Gasteiger partial charge in [-0.15, -0.1) is 0 Å². The van der Waals surface area contributed by atoms with Gasteiger partial charge in [-0.1, -0.05) is 70.0 Å². The Bertz CT molecular complexity index is 5940. The third-order valence-electron chi connectivity index (χ3n) is 16.4. The summed E-state index contributed by atoms with van der Waals surface area (Å²) in [6.45, 7) is 8.63. The molecule has 13 N–H and O–H groups in total. The van der Waals surface area contributed by atoms with Crippen molar-refractivity contribution < 1.29 is 118 Å². The van der Waals surface area contributed by atoms with Crippen LogP contribution in [-0.2, 0) is 68.5 Å². The highest BCUT2D eigenvalue weighted by Crippen LogP contribution is 2.37. The summed E-state index contributed by atoms with van der Waals surface area (Å²) in [5.41, 5.74) is -2.53. The van der Waals surface area contributed by atoms with Crippen LogP contribution in [0.25, 0.3) is 33.2 Å². The number of hydrogen-bond acceptors (Lipinski definition) is 26. The van der Waals surface area contributed by atoms with Gasteiger partial charge >= 0.3 is 7.12 Å². The van der Waals surface area contributed by atoms with E-state index in [-0.39, 0.29) is 77.5 Å². The molecule has 1 aliphatic rings. The van der Waals surface area contributed by atoms with Crippen LogP contribution in [0.15, 0.2) is 179 Å². The van der Waals surface area contributed by atoms with Gasteiger partial charge < -0.3 is 39.9 Å². The van der Waals surface area contributed by atoms with E-state index in [0.29, 0.717) is 27.5 Å². The Hall–Kier alpha value is -7.73. The highest BCUT2D eigenvalue weighted by atomic mass is 79.9. The lowest BCUT2D eigenvalue weighted by Crippen LogP contribution is -2.41. The van der Waals surface area contributed by atoms with Crippen molar-refractivity contribution in [3.63, 3.8) is 0 Å². The standard InChI is InChI=1S/C25H25F2N5O7S2.C16H13BrF2N4O3S.C14H22BNO6S.C8H10BrNO4S.C6H4BrClO2S/c1-2-9-40(36,37)32-20-8-7-19(26)21(22(20)27)24(35)23-18-10-15(11-28-25(18)31-30-23)14-3-5-17(6-4-14)41(38,39)29-12-16(34)13-33;1-2-5-27(25,26)23-11-4-3-10(18)12(13(11)19)15(24)14-9-6-8(17)7-20-16(9)22-21-14;1-13(2)14(3,4)22-15(21-13)10-5-7-11(8-6-10)23(19,20)16-12(18)9-17;9-6-1-3-7(4-2-6)15(13,14)10-8(12)5-11;7-5-1-3-6(4-2-5)11(8,9)10/h3-8,10-11,16,29,32-34H,2,9,12-13H2,1H3,(H,28,30,31);3-4,6-7,23H,2,5H2,1H3,(H,20,21,22);5-8,12,16-18H,9H2,1-4H3;1-4,8,10-12H,5H2;1-4H. The van der Waals surface area contributed by atoms with Crippen LogP contribution in [0.3, 0.4) is 0 Å². The molecule has 0 radical (unpaired) electrons. The van der Waals surface area contributed by atoms with Crippen molar-refractivity contribution in [1.82, 2.24) is 44.5 Å². The fourth-order valence-corrected chi connectivity index (χ4v) is 17.0. The normalized spacial score (nSPS) is 14.3. The molecule has 0 bridgehead atoms. The number of aromatic nitrogens is 6. The van der Waals surface area contributed by atoms with E-state index in [4.69, 9.17) is 40.4 Å². The smallest absolute Gasteiger partial charge is 0.399 e. The number of anilines is 2. The van der Waals surface area contributed by atoms with Gasteiger partial charge in [0, 0.05) is 48.6 Å². The van der Waals surface area contributed by atoms with Crippen molar-refractivity contribution in [2.75, 3.05) is 47.3 Å². The van der Waals surface area contributed by atoms with Crippen molar-refractivity contribution in [2.45, 2.75) is 104 Å². The number of carbonyl (C=O) groups excluding carboxylic acids is 2. The van der Waals surface area contributed by atoms with Gasteiger partial charge in [0.25, 0.3) is 9.05 Å². The molecule has 0 amide bonds. The maximum absolute atomic E-state index is 15.2.